The maximum atomic E-state index is 2.38. The van der Waals surface area contributed by atoms with E-state index in [9.17, 15) is 0 Å². The van der Waals surface area contributed by atoms with E-state index in [1.54, 1.807) is 0 Å². The molecule has 0 amide bonds. The van der Waals surface area contributed by atoms with Crippen LogP contribution in [0.1, 0.15) is 136 Å². The van der Waals surface area contributed by atoms with Gasteiger partial charge in [0.15, 0.2) is 0 Å². The fraction of sp³-hybridized carbons (Fsp3) is 0.840. The molecule has 148 valence electrons. The van der Waals surface area contributed by atoms with Gasteiger partial charge in [-0.15, -0.1) is 0 Å². The van der Waals surface area contributed by atoms with Crippen molar-refractivity contribution in [3.05, 3.63) is 24.3 Å². The molecule has 0 rings (SSSR count). The molecule has 0 aliphatic rings. The van der Waals surface area contributed by atoms with Crippen LogP contribution < -0.4 is 0 Å². The Bertz CT molecular complexity index is 274. The second kappa shape index (κ2) is 23.5. The first-order chi connectivity index (χ1) is 12.4. The van der Waals surface area contributed by atoms with Crippen molar-refractivity contribution in [1.82, 2.24) is 0 Å². The van der Waals surface area contributed by atoms with Crippen molar-refractivity contribution in [3.63, 3.8) is 0 Å². The molecule has 0 saturated heterocycles. The van der Waals surface area contributed by atoms with Gasteiger partial charge in [0.05, 0.1) is 0 Å². The van der Waals surface area contributed by atoms with E-state index in [1.807, 2.05) is 0 Å². The van der Waals surface area contributed by atoms with Crippen LogP contribution in [0.5, 0.6) is 0 Å². The zero-order valence-corrected chi connectivity index (χ0v) is 17.7. The summed E-state index contributed by atoms with van der Waals surface area (Å²) >= 11 is 0. The zero-order valence-electron chi connectivity index (χ0n) is 17.7. The van der Waals surface area contributed by atoms with E-state index in [2.05, 4.69) is 38.2 Å². The monoisotopic (exact) mass is 348 g/mol. The zero-order chi connectivity index (χ0) is 18.3. The molecule has 25 heavy (non-hydrogen) atoms. The number of rotatable bonds is 20. The fourth-order valence-electron chi connectivity index (χ4n) is 3.30. The highest BCUT2D eigenvalue weighted by molar-refractivity contribution is 4.92. The fourth-order valence-corrected chi connectivity index (χ4v) is 3.30. The molecule has 0 nitrogen and oxygen atoms in total. The third-order valence-corrected chi connectivity index (χ3v) is 5.05. The van der Waals surface area contributed by atoms with Crippen molar-refractivity contribution in [2.45, 2.75) is 136 Å². The standard InChI is InChI=1S/C25H48/c1-3-5-7-9-11-13-15-17-19-21-23-25-24-22-20-18-16-14-12-10-8-6-4-2/h11,13,17,19H,3-10,12,14-16,18,20-25H2,1-2H3/b13-11+,19-17+. The lowest BCUT2D eigenvalue weighted by atomic mass is 10.0. The lowest BCUT2D eigenvalue weighted by molar-refractivity contribution is 0.540. The summed E-state index contributed by atoms with van der Waals surface area (Å²) in [5, 5.41) is 0. The minimum absolute atomic E-state index is 1.13. The molecule has 0 aromatic rings. The van der Waals surface area contributed by atoms with Gasteiger partial charge < -0.3 is 0 Å². The SMILES string of the molecule is CCCCC/C=C/C/C=C/CCCCCCCCCCCCCCC. The van der Waals surface area contributed by atoms with Crippen LogP contribution in [-0.4, -0.2) is 0 Å². The van der Waals surface area contributed by atoms with Gasteiger partial charge in [0.2, 0.25) is 0 Å². The van der Waals surface area contributed by atoms with Gasteiger partial charge in [-0.25, -0.2) is 0 Å². The van der Waals surface area contributed by atoms with Gasteiger partial charge in [-0.05, 0) is 32.1 Å². The molecule has 0 atom stereocenters. The lowest BCUT2D eigenvalue weighted by Crippen LogP contribution is -1.82. The summed E-state index contributed by atoms with van der Waals surface area (Å²) in [5.41, 5.74) is 0. The van der Waals surface area contributed by atoms with Crippen LogP contribution in [0.25, 0.3) is 0 Å². The highest BCUT2D eigenvalue weighted by atomic mass is 14.0. The van der Waals surface area contributed by atoms with Crippen LogP contribution in [0.15, 0.2) is 24.3 Å². The molecule has 0 heteroatoms. The average Bonchev–Trinajstić information content (AvgIpc) is 2.63. The molecule has 0 saturated carbocycles. The van der Waals surface area contributed by atoms with E-state index < -0.39 is 0 Å². The quantitative estimate of drug-likeness (QED) is 0.152. The normalized spacial score (nSPS) is 11.9. The molecule has 0 aromatic heterocycles. The third kappa shape index (κ3) is 23.5. The molecule has 0 aliphatic heterocycles. The minimum atomic E-state index is 1.13. The third-order valence-electron chi connectivity index (χ3n) is 5.05. The maximum absolute atomic E-state index is 2.38. The second-order valence-electron chi connectivity index (χ2n) is 7.71. The smallest absolute Gasteiger partial charge is 0.0169 e. The number of allylic oxidation sites excluding steroid dienone is 4. The molecule has 0 unspecified atom stereocenters. The first-order valence-electron chi connectivity index (χ1n) is 11.7. The Morgan fingerprint density at radius 3 is 1.12 bits per heavy atom. The first kappa shape index (κ1) is 24.5. The molecule has 0 fully saturated rings. The molecule has 0 radical (unpaired) electrons. The largest absolute Gasteiger partial charge is 0.0882 e. The van der Waals surface area contributed by atoms with Crippen molar-refractivity contribution in [1.29, 1.82) is 0 Å². The van der Waals surface area contributed by atoms with Crippen molar-refractivity contribution in [3.8, 4) is 0 Å². The highest BCUT2D eigenvalue weighted by Gasteiger charge is 1.93. The Kier molecular flexibility index (Phi) is 23.0. The molecule has 0 aliphatic carbocycles. The van der Waals surface area contributed by atoms with Crippen LogP contribution in [0.4, 0.5) is 0 Å². The van der Waals surface area contributed by atoms with Crippen molar-refractivity contribution in [2.75, 3.05) is 0 Å². The van der Waals surface area contributed by atoms with Gasteiger partial charge in [0, 0.05) is 0 Å². The Morgan fingerprint density at radius 1 is 0.360 bits per heavy atom. The van der Waals surface area contributed by atoms with Crippen molar-refractivity contribution >= 4 is 0 Å². The molecule has 0 aromatic carbocycles. The van der Waals surface area contributed by atoms with E-state index in [0.29, 0.717) is 0 Å². The van der Waals surface area contributed by atoms with Crippen LogP contribution in [-0.2, 0) is 0 Å². The number of hydrogen-bond acceptors (Lipinski definition) is 0. The molecule has 0 heterocycles. The van der Waals surface area contributed by atoms with Crippen LogP contribution in [0, 0.1) is 0 Å². The molecule has 0 bridgehead atoms. The molecule has 0 N–H and O–H groups in total. The van der Waals surface area contributed by atoms with Gasteiger partial charge in [-0.2, -0.15) is 0 Å². The average molecular weight is 349 g/mol. The lowest BCUT2D eigenvalue weighted by Gasteiger charge is -2.02. The minimum Gasteiger partial charge on any atom is -0.0882 e. The Balaban J connectivity index is 3.10. The van der Waals surface area contributed by atoms with Gasteiger partial charge in [0.25, 0.3) is 0 Å². The van der Waals surface area contributed by atoms with Gasteiger partial charge in [-0.3, -0.25) is 0 Å². The van der Waals surface area contributed by atoms with Crippen LogP contribution >= 0.6 is 0 Å². The predicted molar refractivity (Wildman–Crippen MR) is 117 cm³/mol. The summed E-state index contributed by atoms with van der Waals surface area (Å²) in [6.07, 6.45) is 35.9. The second-order valence-corrected chi connectivity index (χ2v) is 7.71. The van der Waals surface area contributed by atoms with Crippen LogP contribution in [0.3, 0.4) is 0 Å². The summed E-state index contributed by atoms with van der Waals surface area (Å²) < 4.78 is 0. The number of hydrogen-bond donors (Lipinski definition) is 0. The maximum Gasteiger partial charge on any atom is -0.0169 e. The van der Waals surface area contributed by atoms with Crippen LogP contribution in [0.2, 0.25) is 0 Å². The summed E-state index contributed by atoms with van der Waals surface area (Å²) in [5.74, 6) is 0. The summed E-state index contributed by atoms with van der Waals surface area (Å²) in [7, 11) is 0. The first-order valence-corrected chi connectivity index (χ1v) is 11.7. The summed E-state index contributed by atoms with van der Waals surface area (Å²) in [6.45, 7) is 4.56. The highest BCUT2D eigenvalue weighted by Crippen LogP contribution is 2.13. The van der Waals surface area contributed by atoms with Crippen molar-refractivity contribution in [2.24, 2.45) is 0 Å². The molecule has 0 spiro atoms. The van der Waals surface area contributed by atoms with E-state index in [1.165, 1.54) is 116 Å². The predicted octanol–water partition coefficient (Wildman–Crippen LogP) is 9.55. The topological polar surface area (TPSA) is 0 Å². The van der Waals surface area contributed by atoms with E-state index in [-0.39, 0.29) is 0 Å². The van der Waals surface area contributed by atoms with E-state index in [4.69, 9.17) is 0 Å². The van der Waals surface area contributed by atoms with E-state index >= 15 is 0 Å². The summed E-state index contributed by atoms with van der Waals surface area (Å²) in [6, 6.07) is 0. The molecular weight excluding hydrogens is 300 g/mol. The Hall–Kier alpha value is -0.520. The van der Waals surface area contributed by atoms with Gasteiger partial charge in [0.1, 0.15) is 0 Å². The summed E-state index contributed by atoms with van der Waals surface area (Å²) in [4.78, 5) is 0. The van der Waals surface area contributed by atoms with Gasteiger partial charge >= 0.3 is 0 Å². The molecular formula is C25H48. The Morgan fingerprint density at radius 2 is 0.680 bits per heavy atom. The van der Waals surface area contributed by atoms with E-state index in [0.717, 1.165) is 6.42 Å². The van der Waals surface area contributed by atoms with Crippen molar-refractivity contribution < 1.29 is 0 Å². The number of unbranched alkanes of at least 4 members (excludes halogenated alkanes) is 16. The Labute approximate surface area is 160 Å². The van der Waals surface area contributed by atoms with Gasteiger partial charge in [-0.1, -0.05) is 128 Å².